The van der Waals surface area contributed by atoms with E-state index in [2.05, 4.69) is 6.58 Å². The summed E-state index contributed by atoms with van der Waals surface area (Å²) in [7, 11) is 0. The van der Waals surface area contributed by atoms with Crippen molar-refractivity contribution in [3.63, 3.8) is 0 Å². The molecule has 3 aromatic carbocycles. The van der Waals surface area contributed by atoms with Crippen molar-refractivity contribution in [2.75, 3.05) is 13.2 Å². The number of carbonyl (C=O) groups is 1. The van der Waals surface area contributed by atoms with Gasteiger partial charge in [-0.1, -0.05) is 61.2 Å². The lowest BCUT2D eigenvalue weighted by Gasteiger charge is -2.10. The van der Waals surface area contributed by atoms with Gasteiger partial charge in [-0.3, -0.25) is 0 Å². The van der Waals surface area contributed by atoms with Crippen LogP contribution < -0.4 is 4.74 Å². The van der Waals surface area contributed by atoms with Crippen LogP contribution >= 0.6 is 0 Å². The second kappa shape index (κ2) is 9.64. The van der Waals surface area contributed by atoms with E-state index in [1.165, 1.54) is 0 Å². The van der Waals surface area contributed by atoms with Crippen LogP contribution in [0.5, 0.6) is 5.75 Å². The van der Waals surface area contributed by atoms with Gasteiger partial charge in [-0.05, 0) is 23.3 Å². The Morgan fingerprint density at radius 2 is 1.41 bits per heavy atom. The molecular formula is C24H20F2O3. The van der Waals surface area contributed by atoms with Gasteiger partial charge in [-0.25, -0.2) is 13.6 Å². The second-order valence-corrected chi connectivity index (χ2v) is 6.25. The third-order valence-electron chi connectivity index (χ3n) is 4.30. The van der Waals surface area contributed by atoms with Crippen LogP contribution in [-0.4, -0.2) is 19.2 Å². The van der Waals surface area contributed by atoms with Crippen LogP contribution in [-0.2, 0) is 9.53 Å². The highest BCUT2D eigenvalue weighted by molar-refractivity contribution is 5.81. The minimum absolute atomic E-state index is 0.185. The average Bonchev–Trinajstić information content (AvgIpc) is 2.76. The fraction of sp³-hybridized carbons (Fsp3) is 0.125. The van der Waals surface area contributed by atoms with Crippen molar-refractivity contribution in [1.82, 2.24) is 0 Å². The van der Waals surface area contributed by atoms with Crippen LogP contribution in [0.2, 0.25) is 0 Å². The number of rotatable bonds is 8. The average molecular weight is 394 g/mol. The number of hydrogen-bond donors (Lipinski definition) is 0. The first kappa shape index (κ1) is 20.3. The zero-order valence-corrected chi connectivity index (χ0v) is 15.7. The van der Waals surface area contributed by atoms with Crippen molar-refractivity contribution in [3.05, 3.63) is 91.0 Å². The van der Waals surface area contributed by atoms with Gasteiger partial charge in [-0.2, -0.15) is 0 Å². The molecule has 0 aliphatic carbocycles. The Morgan fingerprint density at radius 1 is 0.828 bits per heavy atom. The van der Waals surface area contributed by atoms with E-state index < -0.39 is 17.6 Å². The minimum Gasteiger partial charge on any atom is -0.493 e. The normalized spacial score (nSPS) is 10.4. The summed E-state index contributed by atoms with van der Waals surface area (Å²) in [4.78, 5) is 10.9. The standard InChI is InChI=1S/C24H20F2O3/c1-2-22(27)29-16-6-15-28-19-11-9-18(10-12-19)21-14-13-20(23(25)24(21)26)17-7-4-3-5-8-17/h2-5,7-14H,1,6,15-16H2. The summed E-state index contributed by atoms with van der Waals surface area (Å²) >= 11 is 0. The first-order valence-corrected chi connectivity index (χ1v) is 9.16. The van der Waals surface area contributed by atoms with Crippen molar-refractivity contribution >= 4 is 5.97 Å². The topological polar surface area (TPSA) is 35.5 Å². The lowest BCUT2D eigenvalue weighted by atomic mass is 9.99. The van der Waals surface area contributed by atoms with E-state index in [4.69, 9.17) is 9.47 Å². The van der Waals surface area contributed by atoms with Crippen LogP contribution in [0, 0.1) is 11.6 Å². The summed E-state index contributed by atoms with van der Waals surface area (Å²) in [5, 5.41) is 0. The number of halogens is 2. The van der Waals surface area contributed by atoms with Gasteiger partial charge in [0.25, 0.3) is 0 Å². The van der Waals surface area contributed by atoms with Crippen LogP contribution in [0.25, 0.3) is 22.3 Å². The van der Waals surface area contributed by atoms with Crippen LogP contribution in [0.15, 0.2) is 79.4 Å². The van der Waals surface area contributed by atoms with Gasteiger partial charge < -0.3 is 9.47 Å². The van der Waals surface area contributed by atoms with Gasteiger partial charge >= 0.3 is 5.97 Å². The van der Waals surface area contributed by atoms with Gasteiger partial charge in [0, 0.05) is 23.6 Å². The van der Waals surface area contributed by atoms with Crippen molar-refractivity contribution in [2.45, 2.75) is 6.42 Å². The molecule has 0 N–H and O–H groups in total. The van der Waals surface area contributed by atoms with E-state index >= 15 is 0 Å². The molecular weight excluding hydrogens is 374 g/mol. The van der Waals surface area contributed by atoms with Crippen molar-refractivity contribution in [2.24, 2.45) is 0 Å². The SMILES string of the molecule is C=CC(=O)OCCCOc1ccc(-c2ccc(-c3ccccc3)c(F)c2F)cc1. The zero-order valence-electron chi connectivity index (χ0n) is 15.7. The van der Waals surface area contributed by atoms with Crippen LogP contribution in [0.1, 0.15) is 6.42 Å². The van der Waals surface area contributed by atoms with Gasteiger partial charge in [0.2, 0.25) is 0 Å². The van der Waals surface area contributed by atoms with Crippen molar-refractivity contribution < 1.29 is 23.0 Å². The Morgan fingerprint density at radius 3 is 2.00 bits per heavy atom. The molecule has 5 heteroatoms. The predicted octanol–water partition coefficient (Wildman–Crippen LogP) is 5.80. The number of ether oxygens (including phenoxy) is 2. The van der Waals surface area contributed by atoms with Gasteiger partial charge in [0.15, 0.2) is 11.6 Å². The fourth-order valence-corrected chi connectivity index (χ4v) is 2.82. The Balaban J connectivity index is 1.66. The molecule has 0 atom stereocenters. The summed E-state index contributed by atoms with van der Waals surface area (Å²) in [5.74, 6) is -1.64. The summed E-state index contributed by atoms with van der Waals surface area (Å²) < 4.78 is 39.7. The quantitative estimate of drug-likeness (QED) is 0.275. The molecule has 3 nitrogen and oxygen atoms in total. The molecule has 0 amide bonds. The molecule has 3 aromatic rings. The monoisotopic (exact) mass is 394 g/mol. The van der Waals surface area contributed by atoms with E-state index in [1.807, 2.05) is 6.07 Å². The van der Waals surface area contributed by atoms with Crippen molar-refractivity contribution in [3.8, 4) is 28.0 Å². The molecule has 0 saturated carbocycles. The zero-order chi connectivity index (χ0) is 20.6. The maximum absolute atomic E-state index is 14.7. The molecule has 29 heavy (non-hydrogen) atoms. The molecule has 0 aliphatic rings. The van der Waals surface area contributed by atoms with Gasteiger partial charge in [-0.15, -0.1) is 0 Å². The van der Waals surface area contributed by atoms with E-state index in [9.17, 15) is 13.6 Å². The minimum atomic E-state index is -0.885. The number of benzene rings is 3. The molecule has 3 rings (SSSR count). The lowest BCUT2D eigenvalue weighted by Crippen LogP contribution is -2.06. The summed E-state index contributed by atoms with van der Waals surface area (Å²) in [6, 6.07) is 18.7. The van der Waals surface area contributed by atoms with Crippen LogP contribution in [0.3, 0.4) is 0 Å². The Kier molecular flexibility index (Phi) is 6.74. The van der Waals surface area contributed by atoms with Gasteiger partial charge in [0.05, 0.1) is 13.2 Å². The van der Waals surface area contributed by atoms with Crippen LogP contribution in [0.4, 0.5) is 8.78 Å². The number of esters is 1. The molecule has 0 aromatic heterocycles. The third-order valence-corrected chi connectivity index (χ3v) is 4.30. The first-order valence-electron chi connectivity index (χ1n) is 9.16. The molecule has 0 aliphatic heterocycles. The maximum Gasteiger partial charge on any atom is 0.330 e. The van der Waals surface area contributed by atoms with E-state index in [1.54, 1.807) is 60.7 Å². The third kappa shape index (κ3) is 5.08. The van der Waals surface area contributed by atoms with E-state index in [0.717, 1.165) is 6.08 Å². The molecule has 0 fully saturated rings. The first-order chi connectivity index (χ1) is 14.1. The summed E-state index contributed by atoms with van der Waals surface area (Å²) in [6.07, 6.45) is 1.63. The van der Waals surface area contributed by atoms with Gasteiger partial charge in [0.1, 0.15) is 5.75 Å². The summed E-state index contributed by atoms with van der Waals surface area (Å²) in [6.45, 7) is 3.91. The molecule has 0 saturated heterocycles. The summed E-state index contributed by atoms with van der Waals surface area (Å²) in [5.41, 5.74) is 1.58. The second-order valence-electron chi connectivity index (χ2n) is 6.25. The molecule has 0 radical (unpaired) electrons. The van der Waals surface area contributed by atoms with E-state index in [0.29, 0.717) is 29.9 Å². The molecule has 0 heterocycles. The highest BCUT2D eigenvalue weighted by atomic mass is 19.2. The molecule has 148 valence electrons. The fourth-order valence-electron chi connectivity index (χ4n) is 2.82. The molecule has 0 spiro atoms. The van der Waals surface area contributed by atoms with Crippen molar-refractivity contribution in [1.29, 1.82) is 0 Å². The largest absolute Gasteiger partial charge is 0.493 e. The molecule has 0 bridgehead atoms. The number of carbonyl (C=O) groups excluding carboxylic acids is 1. The Hall–Kier alpha value is -3.47. The lowest BCUT2D eigenvalue weighted by molar-refractivity contribution is -0.137. The predicted molar refractivity (Wildman–Crippen MR) is 108 cm³/mol. The highest BCUT2D eigenvalue weighted by Crippen LogP contribution is 2.32. The Labute approximate surface area is 168 Å². The number of hydrogen-bond acceptors (Lipinski definition) is 3. The maximum atomic E-state index is 14.7. The van der Waals surface area contributed by atoms with E-state index in [-0.39, 0.29) is 17.7 Å². The molecule has 0 unspecified atom stereocenters. The Bertz CT molecular complexity index is 983. The smallest absolute Gasteiger partial charge is 0.330 e. The highest BCUT2D eigenvalue weighted by Gasteiger charge is 2.15.